The van der Waals surface area contributed by atoms with Gasteiger partial charge in [-0.25, -0.2) is 0 Å². The Morgan fingerprint density at radius 3 is 1.59 bits per heavy atom. The summed E-state index contributed by atoms with van der Waals surface area (Å²) in [5.41, 5.74) is 2.92. The fourth-order valence-electron chi connectivity index (χ4n) is 6.28. The van der Waals surface area contributed by atoms with Gasteiger partial charge < -0.3 is 10.6 Å². The Kier molecular flexibility index (Phi) is 4.62. The highest BCUT2D eigenvalue weighted by Gasteiger charge is 2.51. The van der Waals surface area contributed by atoms with Crippen LogP contribution in [0.4, 0.5) is 11.4 Å². The molecule has 0 atom stereocenters. The molecule has 4 nitrogen and oxygen atoms in total. The minimum absolute atomic E-state index is 0.337. The van der Waals surface area contributed by atoms with E-state index in [1.165, 1.54) is 44.1 Å². The normalized spacial score (nSPS) is 29.5. The first kappa shape index (κ1) is 18.7. The van der Waals surface area contributed by atoms with Crippen LogP contribution < -0.4 is 10.6 Å². The average Bonchev–Trinajstić information content (AvgIpc) is 2.69. The molecule has 5 heteroatoms. The van der Waals surface area contributed by atoms with E-state index in [1.807, 2.05) is 12.1 Å². The summed E-state index contributed by atoms with van der Waals surface area (Å²) in [5.74, 6) is 1.33. The van der Waals surface area contributed by atoms with Crippen LogP contribution in [0.1, 0.15) is 44.1 Å². The third-order valence-electron chi connectivity index (χ3n) is 7.10. The van der Waals surface area contributed by atoms with Crippen LogP contribution in [0.3, 0.4) is 0 Å². The summed E-state index contributed by atoms with van der Waals surface area (Å²) in [7, 11) is 0. The van der Waals surface area contributed by atoms with Crippen molar-refractivity contribution in [1.29, 1.82) is 0 Å². The van der Waals surface area contributed by atoms with E-state index >= 15 is 0 Å². The molecule has 0 radical (unpaired) electrons. The van der Waals surface area contributed by atoms with Gasteiger partial charge in [-0.15, -0.1) is 0 Å². The second kappa shape index (κ2) is 7.17. The molecule has 0 unspecified atom stereocenters. The number of benzene rings is 2. The smallest absolute Gasteiger partial charge is 0.314 e. The molecule has 0 aliphatic heterocycles. The zero-order valence-electron chi connectivity index (χ0n) is 16.3. The van der Waals surface area contributed by atoms with Gasteiger partial charge in [-0.3, -0.25) is 9.59 Å². The SMILES string of the molecule is O=C(Nc1ccc(Cl)cc1)C(=O)Nc1ccc(C23CC4CC(CC(C4)C2)C3)cc1. The lowest BCUT2D eigenvalue weighted by Gasteiger charge is -2.57. The van der Waals surface area contributed by atoms with E-state index < -0.39 is 11.8 Å². The molecular weight excluding hydrogens is 384 g/mol. The van der Waals surface area contributed by atoms with E-state index in [0.29, 0.717) is 21.8 Å². The van der Waals surface area contributed by atoms with Gasteiger partial charge in [-0.2, -0.15) is 0 Å². The van der Waals surface area contributed by atoms with Gasteiger partial charge in [0.15, 0.2) is 0 Å². The summed E-state index contributed by atoms with van der Waals surface area (Å²) in [6, 6.07) is 14.8. The van der Waals surface area contributed by atoms with Gasteiger partial charge in [0.05, 0.1) is 0 Å². The Labute approximate surface area is 176 Å². The molecule has 29 heavy (non-hydrogen) atoms. The Balaban J connectivity index is 1.24. The van der Waals surface area contributed by atoms with Crippen molar-refractivity contribution in [2.24, 2.45) is 17.8 Å². The maximum absolute atomic E-state index is 12.2. The maximum Gasteiger partial charge on any atom is 0.314 e. The van der Waals surface area contributed by atoms with Crippen molar-refractivity contribution >= 4 is 34.8 Å². The quantitative estimate of drug-likeness (QED) is 0.669. The largest absolute Gasteiger partial charge is 0.318 e. The average molecular weight is 409 g/mol. The molecule has 4 saturated carbocycles. The van der Waals surface area contributed by atoms with Crippen LogP contribution in [0.15, 0.2) is 48.5 Å². The van der Waals surface area contributed by atoms with Gasteiger partial charge in [0.2, 0.25) is 0 Å². The highest BCUT2D eigenvalue weighted by Crippen LogP contribution is 2.60. The predicted molar refractivity (Wildman–Crippen MR) is 115 cm³/mol. The molecule has 4 fully saturated rings. The molecule has 2 amide bonds. The lowest BCUT2D eigenvalue weighted by atomic mass is 9.48. The number of nitrogens with one attached hydrogen (secondary N) is 2. The highest BCUT2D eigenvalue weighted by molar-refractivity contribution is 6.43. The standard InChI is InChI=1S/C24H25ClN2O2/c25-19-3-7-21(8-4-19)27-23(29)22(28)26-20-5-1-18(2-6-20)24-12-15-9-16(13-24)11-17(10-15)14-24/h1-8,15-17H,9-14H2,(H,26,28)(H,27,29). The lowest BCUT2D eigenvalue weighted by Crippen LogP contribution is -2.48. The third-order valence-corrected chi connectivity index (χ3v) is 7.35. The highest BCUT2D eigenvalue weighted by atomic mass is 35.5. The number of carbonyl (C=O) groups is 2. The molecule has 0 saturated heterocycles. The predicted octanol–water partition coefficient (Wildman–Crippen LogP) is 5.39. The number of amides is 2. The van der Waals surface area contributed by atoms with Crippen molar-refractivity contribution in [2.75, 3.05) is 10.6 Å². The van der Waals surface area contributed by atoms with Crippen molar-refractivity contribution in [2.45, 2.75) is 43.9 Å². The number of hydrogen-bond donors (Lipinski definition) is 2. The van der Waals surface area contributed by atoms with Crippen molar-refractivity contribution in [3.63, 3.8) is 0 Å². The Morgan fingerprint density at radius 2 is 1.14 bits per heavy atom. The summed E-state index contributed by atoms with van der Waals surface area (Å²) >= 11 is 5.84. The summed E-state index contributed by atoms with van der Waals surface area (Å²) in [6.45, 7) is 0. The lowest BCUT2D eigenvalue weighted by molar-refractivity contribution is -0.132. The van der Waals surface area contributed by atoms with Crippen LogP contribution in [0, 0.1) is 17.8 Å². The molecule has 2 aromatic carbocycles. The van der Waals surface area contributed by atoms with E-state index in [4.69, 9.17) is 11.6 Å². The molecular formula is C24H25ClN2O2. The zero-order valence-corrected chi connectivity index (χ0v) is 17.0. The second-order valence-corrected chi connectivity index (χ2v) is 9.63. The van der Waals surface area contributed by atoms with Gasteiger partial charge >= 0.3 is 11.8 Å². The maximum atomic E-state index is 12.2. The van der Waals surface area contributed by atoms with E-state index in [9.17, 15) is 9.59 Å². The monoisotopic (exact) mass is 408 g/mol. The van der Waals surface area contributed by atoms with E-state index in [2.05, 4.69) is 22.8 Å². The van der Waals surface area contributed by atoms with Gasteiger partial charge in [0.1, 0.15) is 0 Å². The number of anilines is 2. The molecule has 4 aliphatic carbocycles. The van der Waals surface area contributed by atoms with Crippen LogP contribution in [-0.2, 0) is 15.0 Å². The first-order chi connectivity index (χ1) is 14.0. The Bertz CT molecular complexity index is 901. The Morgan fingerprint density at radius 1 is 0.724 bits per heavy atom. The first-order valence-electron chi connectivity index (χ1n) is 10.5. The van der Waals surface area contributed by atoms with Gasteiger partial charge in [-0.1, -0.05) is 23.7 Å². The topological polar surface area (TPSA) is 58.2 Å². The van der Waals surface area contributed by atoms with Gasteiger partial charge in [-0.05, 0) is 104 Å². The van der Waals surface area contributed by atoms with Crippen molar-refractivity contribution in [1.82, 2.24) is 0 Å². The van der Waals surface area contributed by atoms with Gasteiger partial charge in [0, 0.05) is 16.4 Å². The molecule has 4 bridgehead atoms. The Hall–Kier alpha value is -2.33. The number of halogens is 1. The molecule has 0 heterocycles. The third kappa shape index (κ3) is 3.66. The summed E-state index contributed by atoms with van der Waals surface area (Å²) in [4.78, 5) is 24.4. The summed E-state index contributed by atoms with van der Waals surface area (Å²) < 4.78 is 0. The van der Waals surface area contributed by atoms with E-state index in [1.54, 1.807) is 24.3 Å². The minimum Gasteiger partial charge on any atom is -0.318 e. The first-order valence-corrected chi connectivity index (χ1v) is 10.9. The van der Waals surface area contributed by atoms with Crippen LogP contribution in [0.25, 0.3) is 0 Å². The molecule has 150 valence electrons. The fourth-order valence-corrected chi connectivity index (χ4v) is 6.41. The van der Waals surface area contributed by atoms with Crippen LogP contribution in [0.2, 0.25) is 5.02 Å². The number of carbonyl (C=O) groups excluding carboxylic acids is 2. The zero-order chi connectivity index (χ0) is 20.0. The van der Waals surface area contributed by atoms with Gasteiger partial charge in [0.25, 0.3) is 0 Å². The summed E-state index contributed by atoms with van der Waals surface area (Å²) in [5, 5.41) is 5.85. The summed E-state index contributed by atoms with van der Waals surface area (Å²) in [6.07, 6.45) is 8.22. The van der Waals surface area contributed by atoms with Crippen LogP contribution in [0.5, 0.6) is 0 Å². The molecule has 4 aliphatic rings. The van der Waals surface area contributed by atoms with E-state index in [-0.39, 0.29) is 0 Å². The number of rotatable bonds is 3. The molecule has 6 rings (SSSR count). The number of hydrogen-bond acceptors (Lipinski definition) is 2. The van der Waals surface area contributed by atoms with Crippen molar-refractivity contribution in [3.05, 3.63) is 59.1 Å². The fraction of sp³-hybridized carbons (Fsp3) is 0.417. The molecule has 0 aromatic heterocycles. The van der Waals surface area contributed by atoms with Crippen LogP contribution in [-0.4, -0.2) is 11.8 Å². The minimum atomic E-state index is -0.697. The molecule has 0 spiro atoms. The second-order valence-electron chi connectivity index (χ2n) is 9.19. The molecule has 2 aromatic rings. The van der Waals surface area contributed by atoms with E-state index in [0.717, 1.165) is 17.8 Å². The van der Waals surface area contributed by atoms with Crippen molar-refractivity contribution in [3.8, 4) is 0 Å². The van der Waals surface area contributed by atoms with Crippen LogP contribution >= 0.6 is 11.6 Å². The van der Waals surface area contributed by atoms with Crippen molar-refractivity contribution < 1.29 is 9.59 Å². The molecule has 2 N–H and O–H groups in total.